The molecule has 0 fully saturated rings. The summed E-state index contributed by atoms with van der Waals surface area (Å²) in [6, 6.07) is 0. The SMILES string of the molecule is CC=C(C(=O)O)C(C)(CCC)CCCCCCCCCCCCCCCC. The molecule has 1 atom stereocenters. The number of carboxylic acids is 1. The van der Waals surface area contributed by atoms with Gasteiger partial charge in [0, 0.05) is 5.57 Å². The smallest absolute Gasteiger partial charge is 0.331 e. The topological polar surface area (TPSA) is 37.3 Å². The minimum absolute atomic E-state index is 0.160. The molecule has 0 aliphatic rings. The Morgan fingerprint density at radius 2 is 1.11 bits per heavy atom. The van der Waals surface area contributed by atoms with Crippen LogP contribution in [0.2, 0.25) is 0 Å². The highest BCUT2D eigenvalue weighted by atomic mass is 16.4. The van der Waals surface area contributed by atoms with E-state index in [0.717, 1.165) is 25.7 Å². The van der Waals surface area contributed by atoms with Gasteiger partial charge in [0.15, 0.2) is 0 Å². The van der Waals surface area contributed by atoms with Gasteiger partial charge < -0.3 is 5.11 Å². The minimum atomic E-state index is -0.737. The van der Waals surface area contributed by atoms with Gasteiger partial charge in [0.25, 0.3) is 0 Å². The summed E-state index contributed by atoms with van der Waals surface area (Å²) in [7, 11) is 0. The van der Waals surface area contributed by atoms with Crippen LogP contribution in [0.3, 0.4) is 0 Å². The molecule has 1 unspecified atom stereocenters. The van der Waals surface area contributed by atoms with Crippen LogP contribution >= 0.6 is 0 Å². The molecule has 2 nitrogen and oxygen atoms in total. The summed E-state index contributed by atoms with van der Waals surface area (Å²) in [5.41, 5.74) is 0.450. The molecule has 0 amide bonds. The number of rotatable bonds is 19. The van der Waals surface area contributed by atoms with Gasteiger partial charge in [0.1, 0.15) is 0 Å². The molecular formula is C25H48O2. The largest absolute Gasteiger partial charge is 0.478 e. The molecule has 0 saturated carbocycles. The zero-order valence-corrected chi connectivity index (χ0v) is 19.0. The van der Waals surface area contributed by atoms with Crippen LogP contribution in [0.25, 0.3) is 0 Å². The van der Waals surface area contributed by atoms with Crippen molar-refractivity contribution < 1.29 is 9.90 Å². The van der Waals surface area contributed by atoms with E-state index in [0.29, 0.717) is 5.57 Å². The van der Waals surface area contributed by atoms with E-state index in [1.165, 1.54) is 83.5 Å². The molecule has 0 aromatic heterocycles. The predicted octanol–water partition coefficient (Wildman–Crippen LogP) is 8.70. The van der Waals surface area contributed by atoms with Crippen molar-refractivity contribution in [2.24, 2.45) is 5.41 Å². The van der Waals surface area contributed by atoms with Crippen LogP contribution in [-0.4, -0.2) is 11.1 Å². The molecule has 0 bridgehead atoms. The molecular weight excluding hydrogens is 332 g/mol. The van der Waals surface area contributed by atoms with Gasteiger partial charge in [-0.15, -0.1) is 0 Å². The lowest BCUT2D eigenvalue weighted by molar-refractivity contribution is -0.134. The minimum Gasteiger partial charge on any atom is -0.478 e. The van der Waals surface area contributed by atoms with Crippen molar-refractivity contribution in [2.45, 2.75) is 137 Å². The zero-order valence-electron chi connectivity index (χ0n) is 19.0. The lowest BCUT2D eigenvalue weighted by atomic mass is 9.74. The molecule has 2 heteroatoms. The van der Waals surface area contributed by atoms with Crippen LogP contribution in [0.4, 0.5) is 0 Å². The summed E-state index contributed by atoms with van der Waals surface area (Å²) in [4.78, 5) is 11.5. The van der Waals surface area contributed by atoms with Crippen molar-refractivity contribution in [2.75, 3.05) is 0 Å². The van der Waals surface area contributed by atoms with Crippen LogP contribution in [0, 0.1) is 5.41 Å². The number of aliphatic carboxylic acids is 1. The number of allylic oxidation sites excluding steroid dienone is 1. The zero-order chi connectivity index (χ0) is 20.4. The summed E-state index contributed by atoms with van der Waals surface area (Å²) >= 11 is 0. The Balaban J connectivity index is 3.70. The fourth-order valence-electron chi connectivity index (χ4n) is 4.39. The Morgan fingerprint density at radius 1 is 0.704 bits per heavy atom. The van der Waals surface area contributed by atoms with E-state index in [2.05, 4.69) is 20.8 Å². The average Bonchev–Trinajstić information content (AvgIpc) is 2.62. The molecule has 0 aromatic rings. The molecule has 0 aliphatic carbocycles. The van der Waals surface area contributed by atoms with Crippen LogP contribution in [-0.2, 0) is 4.79 Å². The van der Waals surface area contributed by atoms with E-state index >= 15 is 0 Å². The quantitative estimate of drug-likeness (QED) is 0.180. The Hall–Kier alpha value is -0.790. The molecule has 0 saturated heterocycles. The van der Waals surface area contributed by atoms with Crippen molar-refractivity contribution in [1.29, 1.82) is 0 Å². The van der Waals surface area contributed by atoms with Crippen LogP contribution in [0.15, 0.2) is 11.6 Å². The standard InChI is InChI=1S/C25H48O2/c1-5-8-9-10-11-12-13-14-15-16-17-18-19-20-22-25(4,21-6-2)23(7-3)24(26)27/h7H,5-6,8-22H2,1-4H3,(H,26,27). The van der Waals surface area contributed by atoms with E-state index in [1.54, 1.807) is 0 Å². The highest BCUT2D eigenvalue weighted by Crippen LogP contribution is 2.38. The van der Waals surface area contributed by atoms with Crippen molar-refractivity contribution in [3.63, 3.8) is 0 Å². The highest BCUT2D eigenvalue weighted by molar-refractivity contribution is 5.88. The van der Waals surface area contributed by atoms with E-state index in [1.807, 2.05) is 13.0 Å². The fraction of sp³-hybridized carbons (Fsp3) is 0.880. The summed E-state index contributed by atoms with van der Waals surface area (Å²) in [5, 5.41) is 9.48. The van der Waals surface area contributed by atoms with Gasteiger partial charge in [0.05, 0.1) is 0 Å². The first-order valence-corrected chi connectivity index (χ1v) is 11.9. The molecule has 0 spiro atoms. The van der Waals surface area contributed by atoms with Gasteiger partial charge >= 0.3 is 5.97 Å². The van der Waals surface area contributed by atoms with E-state index < -0.39 is 5.97 Å². The van der Waals surface area contributed by atoms with Gasteiger partial charge in [-0.25, -0.2) is 4.79 Å². The maximum atomic E-state index is 11.5. The molecule has 1 N–H and O–H groups in total. The molecule has 0 aromatic carbocycles. The number of hydrogen-bond acceptors (Lipinski definition) is 1. The van der Waals surface area contributed by atoms with Crippen molar-refractivity contribution in [3.8, 4) is 0 Å². The Morgan fingerprint density at radius 3 is 1.44 bits per heavy atom. The number of carbonyl (C=O) groups is 1. The van der Waals surface area contributed by atoms with Gasteiger partial charge in [0.2, 0.25) is 0 Å². The lowest BCUT2D eigenvalue weighted by Gasteiger charge is -2.30. The van der Waals surface area contributed by atoms with Crippen LogP contribution < -0.4 is 0 Å². The van der Waals surface area contributed by atoms with E-state index in [4.69, 9.17) is 0 Å². The summed E-state index contributed by atoms with van der Waals surface area (Å²) in [6.07, 6.45) is 23.9. The van der Waals surface area contributed by atoms with Gasteiger partial charge in [-0.2, -0.15) is 0 Å². The van der Waals surface area contributed by atoms with Crippen LogP contribution in [0.1, 0.15) is 137 Å². The molecule has 0 rings (SSSR count). The number of hydrogen-bond donors (Lipinski definition) is 1. The summed E-state index contributed by atoms with van der Waals surface area (Å²) in [5.74, 6) is -0.737. The third-order valence-electron chi connectivity index (χ3n) is 6.05. The highest BCUT2D eigenvalue weighted by Gasteiger charge is 2.31. The lowest BCUT2D eigenvalue weighted by Crippen LogP contribution is -2.24. The number of carboxylic acid groups (broad SMARTS) is 1. The second-order valence-electron chi connectivity index (χ2n) is 8.66. The molecule has 0 aliphatic heterocycles. The summed E-state index contributed by atoms with van der Waals surface area (Å²) in [6.45, 7) is 8.43. The maximum Gasteiger partial charge on any atom is 0.331 e. The average molecular weight is 381 g/mol. The first-order chi connectivity index (χ1) is 13.0. The molecule has 160 valence electrons. The monoisotopic (exact) mass is 380 g/mol. The second kappa shape index (κ2) is 17.3. The van der Waals surface area contributed by atoms with Crippen molar-refractivity contribution in [3.05, 3.63) is 11.6 Å². The van der Waals surface area contributed by atoms with Gasteiger partial charge in [-0.3, -0.25) is 0 Å². The molecule has 0 radical (unpaired) electrons. The third kappa shape index (κ3) is 13.1. The van der Waals surface area contributed by atoms with Crippen molar-refractivity contribution in [1.82, 2.24) is 0 Å². The van der Waals surface area contributed by atoms with Gasteiger partial charge in [-0.1, -0.05) is 123 Å². The van der Waals surface area contributed by atoms with Crippen LogP contribution in [0.5, 0.6) is 0 Å². The Labute approximate surface area is 170 Å². The fourth-order valence-corrected chi connectivity index (χ4v) is 4.39. The second-order valence-corrected chi connectivity index (χ2v) is 8.66. The molecule has 27 heavy (non-hydrogen) atoms. The Bertz CT molecular complexity index is 386. The van der Waals surface area contributed by atoms with E-state index in [9.17, 15) is 9.90 Å². The molecule has 0 heterocycles. The summed E-state index contributed by atoms with van der Waals surface area (Å²) < 4.78 is 0. The first kappa shape index (κ1) is 26.2. The first-order valence-electron chi connectivity index (χ1n) is 11.9. The number of unbranched alkanes of at least 4 members (excludes halogenated alkanes) is 13. The maximum absolute atomic E-state index is 11.5. The predicted molar refractivity (Wildman–Crippen MR) is 119 cm³/mol. The Kier molecular flexibility index (Phi) is 16.8. The van der Waals surface area contributed by atoms with Gasteiger partial charge in [-0.05, 0) is 25.2 Å². The van der Waals surface area contributed by atoms with Crippen molar-refractivity contribution >= 4 is 5.97 Å². The third-order valence-corrected chi connectivity index (χ3v) is 6.05. The normalized spacial score (nSPS) is 14.3. The van der Waals surface area contributed by atoms with E-state index in [-0.39, 0.29) is 5.41 Å².